The van der Waals surface area contributed by atoms with E-state index >= 15 is 0 Å². The highest BCUT2D eigenvalue weighted by molar-refractivity contribution is 7.09. The van der Waals surface area contributed by atoms with E-state index in [1.807, 2.05) is 30.6 Å². The van der Waals surface area contributed by atoms with E-state index in [4.69, 9.17) is 9.47 Å². The minimum atomic E-state index is 0.201. The average molecular weight is 375 g/mol. The summed E-state index contributed by atoms with van der Waals surface area (Å²) in [6.07, 6.45) is 2.80. The van der Waals surface area contributed by atoms with E-state index in [1.54, 1.807) is 29.8 Å². The van der Waals surface area contributed by atoms with Gasteiger partial charge >= 0.3 is 0 Å². The highest BCUT2D eigenvalue weighted by Gasteiger charge is 2.15. The van der Waals surface area contributed by atoms with Crippen LogP contribution in [0.3, 0.4) is 0 Å². The Morgan fingerprint density at radius 1 is 1.16 bits per heavy atom. The van der Waals surface area contributed by atoms with E-state index in [1.165, 1.54) is 5.56 Å². The lowest BCUT2D eigenvalue weighted by Crippen LogP contribution is -2.22. The molecule has 0 aliphatic heterocycles. The van der Waals surface area contributed by atoms with Crippen LogP contribution in [-0.4, -0.2) is 18.7 Å². The largest absolute Gasteiger partial charge is 0.493 e. The number of rotatable bonds is 9. The predicted octanol–water partition coefficient (Wildman–Crippen LogP) is 4.69. The molecule has 2 heterocycles. The van der Waals surface area contributed by atoms with E-state index in [-0.39, 0.29) is 6.04 Å². The fraction of sp³-hybridized carbons (Fsp3) is 0.316. The summed E-state index contributed by atoms with van der Waals surface area (Å²) in [7, 11) is 1.67. The number of aromatic nitrogens is 1. The first-order valence-corrected chi connectivity index (χ1v) is 10.1. The molecule has 2 aromatic heterocycles. The van der Waals surface area contributed by atoms with Crippen molar-refractivity contribution < 1.29 is 9.47 Å². The summed E-state index contributed by atoms with van der Waals surface area (Å²) in [4.78, 5) is 4.50. The molecule has 0 unspecified atom stereocenters. The molecule has 0 amide bonds. The number of nitrogens with zero attached hydrogens (tertiary/aromatic N) is 1. The lowest BCUT2D eigenvalue weighted by atomic mass is 10.1. The number of methoxy groups -OCH3 is 1. The fourth-order valence-electron chi connectivity index (χ4n) is 2.64. The highest BCUT2D eigenvalue weighted by atomic mass is 32.1. The summed E-state index contributed by atoms with van der Waals surface area (Å²) in [6, 6.07) is 8.45. The van der Waals surface area contributed by atoms with Crippen LogP contribution in [0.15, 0.2) is 46.6 Å². The SMILES string of the molecule is CCOc1ccc(CN[C@H](Cc2ccsc2)c2nccs2)cc1OC. The number of thiazole rings is 1. The van der Waals surface area contributed by atoms with Crippen LogP contribution in [0.25, 0.3) is 0 Å². The summed E-state index contributed by atoms with van der Waals surface area (Å²) < 4.78 is 11.0. The van der Waals surface area contributed by atoms with Gasteiger partial charge in [-0.15, -0.1) is 11.3 Å². The topological polar surface area (TPSA) is 43.4 Å². The van der Waals surface area contributed by atoms with Crippen molar-refractivity contribution in [3.63, 3.8) is 0 Å². The Labute approximate surface area is 156 Å². The lowest BCUT2D eigenvalue weighted by Gasteiger charge is -2.17. The van der Waals surface area contributed by atoms with Gasteiger partial charge in [-0.3, -0.25) is 0 Å². The van der Waals surface area contributed by atoms with Crippen molar-refractivity contribution in [1.82, 2.24) is 10.3 Å². The molecule has 1 aromatic carbocycles. The van der Waals surface area contributed by atoms with Crippen molar-refractivity contribution in [3.05, 3.63) is 62.7 Å². The summed E-state index contributed by atoms with van der Waals surface area (Å²) in [5, 5.41) is 11.1. The first-order chi connectivity index (χ1) is 12.3. The molecule has 0 aliphatic carbocycles. The monoisotopic (exact) mass is 374 g/mol. The summed E-state index contributed by atoms with van der Waals surface area (Å²) in [5.41, 5.74) is 2.49. The van der Waals surface area contributed by atoms with Crippen LogP contribution in [0.4, 0.5) is 0 Å². The maximum atomic E-state index is 5.58. The zero-order valence-electron chi connectivity index (χ0n) is 14.4. The third kappa shape index (κ3) is 4.81. The average Bonchev–Trinajstić information content (AvgIpc) is 3.33. The van der Waals surface area contributed by atoms with Gasteiger partial charge in [-0.05, 0) is 53.4 Å². The van der Waals surface area contributed by atoms with E-state index in [2.05, 4.69) is 33.2 Å². The van der Waals surface area contributed by atoms with Gasteiger partial charge in [0.1, 0.15) is 5.01 Å². The number of ether oxygens (including phenoxy) is 2. The molecule has 0 spiro atoms. The molecular weight excluding hydrogens is 352 g/mol. The van der Waals surface area contributed by atoms with E-state index in [0.29, 0.717) is 6.61 Å². The van der Waals surface area contributed by atoms with Gasteiger partial charge in [-0.25, -0.2) is 4.98 Å². The van der Waals surface area contributed by atoms with Crippen molar-refractivity contribution in [2.24, 2.45) is 0 Å². The fourth-order valence-corrected chi connectivity index (χ4v) is 4.03. The van der Waals surface area contributed by atoms with Gasteiger partial charge in [-0.1, -0.05) is 6.07 Å². The maximum Gasteiger partial charge on any atom is 0.161 e. The Morgan fingerprint density at radius 3 is 2.76 bits per heavy atom. The van der Waals surface area contributed by atoms with Gasteiger partial charge in [0.25, 0.3) is 0 Å². The molecule has 132 valence electrons. The third-order valence-electron chi connectivity index (χ3n) is 3.85. The van der Waals surface area contributed by atoms with E-state index in [0.717, 1.165) is 35.0 Å². The minimum absolute atomic E-state index is 0.201. The Kier molecular flexibility index (Phi) is 6.44. The van der Waals surface area contributed by atoms with Crippen molar-refractivity contribution in [1.29, 1.82) is 0 Å². The molecule has 0 radical (unpaired) electrons. The second kappa shape index (κ2) is 8.99. The molecule has 4 nitrogen and oxygen atoms in total. The molecule has 0 bridgehead atoms. The number of thiophene rings is 1. The first kappa shape index (κ1) is 17.9. The molecule has 6 heteroatoms. The molecular formula is C19H22N2O2S2. The van der Waals surface area contributed by atoms with Gasteiger partial charge in [0.2, 0.25) is 0 Å². The van der Waals surface area contributed by atoms with Crippen molar-refractivity contribution >= 4 is 22.7 Å². The predicted molar refractivity (Wildman–Crippen MR) is 104 cm³/mol. The van der Waals surface area contributed by atoms with Crippen molar-refractivity contribution in [3.8, 4) is 11.5 Å². The summed E-state index contributed by atoms with van der Waals surface area (Å²) in [6.45, 7) is 3.34. The Balaban J connectivity index is 1.70. The van der Waals surface area contributed by atoms with Crippen LogP contribution in [0.5, 0.6) is 11.5 Å². The number of hydrogen-bond donors (Lipinski definition) is 1. The van der Waals surface area contributed by atoms with Crippen molar-refractivity contribution in [2.75, 3.05) is 13.7 Å². The normalized spacial score (nSPS) is 12.1. The molecule has 3 aromatic rings. The molecule has 3 rings (SSSR count). The van der Waals surface area contributed by atoms with Crippen molar-refractivity contribution in [2.45, 2.75) is 25.9 Å². The number of benzene rings is 1. The lowest BCUT2D eigenvalue weighted by molar-refractivity contribution is 0.310. The Hall–Kier alpha value is -1.89. The zero-order valence-corrected chi connectivity index (χ0v) is 16.0. The molecule has 0 aliphatic rings. The smallest absolute Gasteiger partial charge is 0.161 e. The van der Waals surface area contributed by atoms with Gasteiger partial charge in [0.15, 0.2) is 11.5 Å². The first-order valence-electron chi connectivity index (χ1n) is 8.23. The van der Waals surface area contributed by atoms with Crippen LogP contribution < -0.4 is 14.8 Å². The van der Waals surface area contributed by atoms with Crippen LogP contribution in [-0.2, 0) is 13.0 Å². The van der Waals surface area contributed by atoms with Gasteiger partial charge < -0.3 is 14.8 Å². The molecule has 1 atom stereocenters. The molecule has 0 saturated carbocycles. The molecule has 25 heavy (non-hydrogen) atoms. The molecule has 1 N–H and O–H groups in total. The van der Waals surface area contributed by atoms with Gasteiger partial charge in [0, 0.05) is 18.1 Å². The Bertz CT molecular complexity index is 758. The zero-order chi connectivity index (χ0) is 17.5. The molecule has 0 saturated heterocycles. The third-order valence-corrected chi connectivity index (χ3v) is 5.47. The maximum absolute atomic E-state index is 5.58. The molecule has 0 fully saturated rings. The van der Waals surface area contributed by atoms with Gasteiger partial charge in [-0.2, -0.15) is 11.3 Å². The highest BCUT2D eigenvalue weighted by Crippen LogP contribution is 2.29. The summed E-state index contributed by atoms with van der Waals surface area (Å²) in [5.74, 6) is 1.55. The van der Waals surface area contributed by atoms with Crippen LogP contribution in [0.2, 0.25) is 0 Å². The second-order valence-electron chi connectivity index (χ2n) is 5.56. The quantitative estimate of drug-likeness (QED) is 0.590. The number of nitrogens with one attached hydrogen (secondary N) is 1. The minimum Gasteiger partial charge on any atom is -0.493 e. The second-order valence-corrected chi connectivity index (χ2v) is 7.26. The van der Waals surface area contributed by atoms with Crippen LogP contribution >= 0.6 is 22.7 Å². The van der Waals surface area contributed by atoms with Gasteiger partial charge in [0.05, 0.1) is 19.8 Å². The van der Waals surface area contributed by atoms with E-state index < -0.39 is 0 Å². The van der Waals surface area contributed by atoms with Crippen LogP contribution in [0.1, 0.15) is 29.1 Å². The van der Waals surface area contributed by atoms with E-state index in [9.17, 15) is 0 Å². The summed E-state index contributed by atoms with van der Waals surface area (Å²) >= 11 is 3.42. The van der Waals surface area contributed by atoms with Crippen LogP contribution in [0, 0.1) is 0 Å². The Morgan fingerprint density at radius 2 is 2.08 bits per heavy atom. The standard InChI is InChI=1S/C19H22N2O2S2/c1-3-23-17-5-4-14(11-18(17)22-2)12-21-16(19-20-7-9-25-19)10-15-6-8-24-13-15/h4-9,11,13,16,21H,3,10,12H2,1-2H3/t16-/m1/s1. The number of hydrogen-bond acceptors (Lipinski definition) is 6.